The minimum Gasteiger partial charge on any atom is -0.481 e. The summed E-state index contributed by atoms with van der Waals surface area (Å²) in [4.78, 5) is 24.5. The summed E-state index contributed by atoms with van der Waals surface area (Å²) in [7, 11) is 0. The van der Waals surface area contributed by atoms with E-state index in [-0.39, 0.29) is 11.9 Å². The van der Waals surface area contributed by atoms with Crippen molar-refractivity contribution < 1.29 is 14.7 Å². The summed E-state index contributed by atoms with van der Waals surface area (Å²) < 4.78 is 0. The average Bonchev–Trinajstić information content (AvgIpc) is 2.72. The molecule has 0 aromatic carbocycles. The first kappa shape index (κ1) is 14.8. The monoisotopic (exact) mass is 256 g/mol. The Morgan fingerprint density at radius 1 is 1.33 bits per heavy atom. The van der Waals surface area contributed by atoms with Gasteiger partial charge in [0.25, 0.3) is 0 Å². The van der Waals surface area contributed by atoms with Gasteiger partial charge in [0.1, 0.15) is 0 Å². The first-order valence-electron chi connectivity index (χ1n) is 6.75. The topological polar surface area (TPSA) is 69.6 Å². The van der Waals surface area contributed by atoms with Gasteiger partial charge in [0.05, 0.1) is 5.92 Å². The van der Waals surface area contributed by atoms with Gasteiger partial charge in [0.2, 0.25) is 0 Å². The Morgan fingerprint density at radius 3 is 2.39 bits per heavy atom. The lowest BCUT2D eigenvalue weighted by molar-refractivity contribution is -0.142. The van der Waals surface area contributed by atoms with Crippen molar-refractivity contribution in [3.05, 3.63) is 0 Å². The number of aliphatic carboxylic acids is 1. The van der Waals surface area contributed by atoms with Crippen LogP contribution in [0.1, 0.15) is 33.6 Å². The van der Waals surface area contributed by atoms with Crippen LogP contribution in [0.15, 0.2) is 0 Å². The second-order valence-electron chi connectivity index (χ2n) is 5.20. The molecule has 2 unspecified atom stereocenters. The molecule has 2 atom stereocenters. The molecule has 5 heteroatoms. The van der Waals surface area contributed by atoms with E-state index in [9.17, 15) is 9.59 Å². The first-order chi connectivity index (χ1) is 8.49. The van der Waals surface area contributed by atoms with Crippen molar-refractivity contribution in [1.82, 2.24) is 10.2 Å². The molecule has 1 saturated heterocycles. The number of nitrogens with zero attached hydrogens (tertiary/aromatic N) is 1. The molecule has 104 valence electrons. The minimum atomic E-state index is -0.808. The van der Waals surface area contributed by atoms with E-state index in [1.807, 2.05) is 6.92 Å². The van der Waals surface area contributed by atoms with Gasteiger partial charge in [-0.3, -0.25) is 4.79 Å². The number of rotatable bonds is 5. The Balaban J connectivity index is 2.42. The number of urea groups is 1. The number of nitrogens with one attached hydrogen (secondary N) is 1. The Bertz CT molecular complexity index is 303. The number of carbonyl (C=O) groups is 2. The first-order valence-corrected chi connectivity index (χ1v) is 6.75. The Kier molecular flexibility index (Phi) is 5.44. The third kappa shape index (κ3) is 3.62. The third-order valence-corrected chi connectivity index (χ3v) is 3.91. The number of carboxylic acids is 1. The van der Waals surface area contributed by atoms with E-state index in [1.54, 1.807) is 4.90 Å². The Hall–Kier alpha value is -1.26. The van der Waals surface area contributed by atoms with Crippen LogP contribution in [-0.4, -0.2) is 41.6 Å². The SMILES string of the molecule is CCC(CC)CNC(=O)N1CC(C)C(C(=O)O)C1. The molecule has 2 amide bonds. The molecule has 0 aromatic heterocycles. The third-order valence-electron chi connectivity index (χ3n) is 3.91. The number of hydrogen-bond donors (Lipinski definition) is 2. The van der Waals surface area contributed by atoms with Crippen LogP contribution in [0.2, 0.25) is 0 Å². The van der Waals surface area contributed by atoms with Gasteiger partial charge in [-0.15, -0.1) is 0 Å². The summed E-state index contributed by atoms with van der Waals surface area (Å²) >= 11 is 0. The molecule has 0 aromatic rings. The van der Waals surface area contributed by atoms with Crippen LogP contribution in [0.4, 0.5) is 4.79 Å². The van der Waals surface area contributed by atoms with E-state index in [0.717, 1.165) is 12.8 Å². The maximum Gasteiger partial charge on any atom is 0.317 e. The lowest BCUT2D eigenvalue weighted by Crippen LogP contribution is -2.41. The predicted octanol–water partition coefficient (Wildman–Crippen LogP) is 1.78. The van der Waals surface area contributed by atoms with E-state index in [4.69, 9.17) is 5.11 Å². The van der Waals surface area contributed by atoms with Crippen LogP contribution >= 0.6 is 0 Å². The second-order valence-corrected chi connectivity index (χ2v) is 5.20. The maximum absolute atomic E-state index is 11.9. The molecule has 1 fully saturated rings. The highest BCUT2D eigenvalue weighted by Crippen LogP contribution is 2.23. The largest absolute Gasteiger partial charge is 0.481 e. The zero-order chi connectivity index (χ0) is 13.7. The van der Waals surface area contributed by atoms with Gasteiger partial charge in [-0.2, -0.15) is 0 Å². The molecule has 1 aliphatic rings. The van der Waals surface area contributed by atoms with Crippen molar-refractivity contribution >= 4 is 12.0 Å². The van der Waals surface area contributed by atoms with Gasteiger partial charge < -0.3 is 15.3 Å². The predicted molar refractivity (Wildman–Crippen MR) is 69.3 cm³/mol. The highest BCUT2D eigenvalue weighted by molar-refractivity contribution is 5.77. The van der Waals surface area contributed by atoms with Crippen molar-refractivity contribution in [2.75, 3.05) is 19.6 Å². The number of amides is 2. The summed E-state index contributed by atoms with van der Waals surface area (Å²) in [6, 6.07) is -0.127. The zero-order valence-corrected chi connectivity index (χ0v) is 11.5. The van der Waals surface area contributed by atoms with E-state index in [0.29, 0.717) is 25.6 Å². The number of likely N-dealkylation sites (tertiary alicyclic amines) is 1. The molecular formula is C13H24N2O3. The van der Waals surface area contributed by atoms with Crippen LogP contribution in [0.3, 0.4) is 0 Å². The second kappa shape index (κ2) is 6.61. The molecule has 0 saturated carbocycles. The van der Waals surface area contributed by atoms with Crippen LogP contribution in [0.5, 0.6) is 0 Å². The quantitative estimate of drug-likeness (QED) is 0.787. The fourth-order valence-corrected chi connectivity index (χ4v) is 2.37. The Labute approximate surface area is 109 Å². The van der Waals surface area contributed by atoms with Crippen molar-refractivity contribution in [3.63, 3.8) is 0 Å². The highest BCUT2D eigenvalue weighted by atomic mass is 16.4. The summed E-state index contributed by atoms with van der Waals surface area (Å²) in [5.41, 5.74) is 0. The van der Waals surface area contributed by atoms with Crippen molar-refractivity contribution in [1.29, 1.82) is 0 Å². The molecule has 0 aliphatic carbocycles. The van der Waals surface area contributed by atoms with Crippen LogP contribution < -0.4 is 5.32 Å². The summed E-state index contributed by atoms with van der Waals surface area (Å²) in [6.07, 6.45) is 2.09. The average molecular weight is 256 g/mol. The molecule has 0 radical (unpaired) electrons. The van der Waals surface area contributed by atoms with Gasteiger partial charge in [0, 0.05) is 19.6 Å². The van der Waals surface area contributed by atoms with E-state index in [1.165, 1.54) is 0 Å². The van der Waals surface area contributed by atoms with Crippen molar-refractivity contribution in [2.45, 2.75) is 33.6 Å². The molecular weight excluding hydrogens is 232 g/mol. The van der Waals surface area contributed by atoms with Gasteiger partial charge in [-0.05, 0) is 11.8 Å². The summed E-state index contributed by atoms with van der Waals surface area (Å²) in [6.45, 7) is 7.63. The zero-order valence-electron chi connectivity index (χ0n) is 11.5. The van der Waals surface area contributed by atoms with Gasteiger partial charge in [-0.25, -0.2) is 4.79 Å². The standard InChI is InChI=1S/C13H24N2O3/c1-4-10(5-2)6-14-13(18)15-7-9(3)11(8-15)12(16)17/h9-11H,4-8H2,1-3H3,(H,14,18)(H,16,17). The molecule has 18 heavy (non-hydrogen) atoms. The highest BCUT2D eigenvalue weighted by Gasteiger charge is 2.36. The number of carbonyl (C=O) groups excluding carboxylic acids is 1. The van der Waals surface area contributed by atoms with E-state index >= 15 is 0 Å². The molecule has 0 spiro atoms. The lowest BCUT2D eigenvalue weighted by Gasteiger charge is -2.19. The summed E-state index contributed by atoms with van der Waals surface area (Å²) in [5.74, 6) is -0.702. The fraction of sp³-hybridized carbons (Fsp3) is 0.846. The van der Waals surface area contributed by atoms with Crippen LogP contribution in [0, 0.1) is 17.8 Å². The normalized spacial score (nSPS) is 23.4. The van der Waals surface area contributed by atoms with E-state index in [2.05, 4.69) is 19.2 Å². The van der Waals surface area contributed by atoms with E-state index < -0.39 is 11.9 Å². The molecule has 5 nitrogen and oxygen atoms in total. The number of carboxylic acid groups (broad SMARTS) is 1. The Morgan fingerprint density at radius 2 is 1.94 bits per heavy atom. The van der Waals surface area contributed by atoms with Gasteiger partial charge in [0.15, 0.2) is 0 Å². The number of hydrogen-bond acceptors (Lipinski definition) is 2. The molecule has 1 heterocycles. The van der Waals surface area contributed by atoms with Gasteiger partial charge in [-0.1, -0.05) is 33.6 Å². The molecule has 1 aliphatic heterocycles. The molecule has 0 bridgehead atoms. The lowest BCUT2D eigenvalue weighted by atomic mass is 9.99. The minimum absolute atomic E-state index is 0.0291. The molecule has 2 N–H and O–H groups in total. The van der Waals surface area contributed by atoms with Crippen molar-refractivity contribution in [3.8, 4) is 0 Å². The fourth-order valence-electron chi connectivity index (χ4n) is 2.37. The van der Waals surface area contributed by atoms with Crippen LogP contribution in [-0.2, 0) is 4.79 Å². The van der Waals surface area contributed by atoms with Crippen molar-refractivity contribution in [2.24, 2.45) is 17.8 Å². The maximum atomic E-state index is 11.9. The van der Waals surface area contributed by atoms with Gasteiger partial charge >= 0.3 is 12.0 Å². The summed E-state index contributed by atoms with van der Waals surface area (Å²) in [5, 5.41) is 11.9. The molecule has 1 rings (SSSR count). The van der Waals surface area contributed by atoms with Crippen LogP contribution in [0.25, 0.3) is 0 Å². The smallest absolute Gasteiger partial charge is 0.317 e.